The molecule has 0 saturated heterocycles. The molecule has 1 aliphatic carbocycles. The fourth-order valence-electron chi connectivity index (χ4n) is 1.86. The Bertz CT molecular complexity index is 682. The molecule has 2 aromatic rings. The van der Waals surface area contributed by atoms with Gasteiger partial charge in [0.15, 0.2) is 0 Å². The minimum Gasteiger partial charge on any atom is -0.307 e. The Morgan fingerprint density at radius 1 is 1.31 bits per heavy atom. The topological polar surface area (TPSA) is 54.9 Å². The van der Waals surface area contributed by atoms with Crippen LogP contribution in [0.2, 0.25) is 0 Å². The molecular weight excluding hydrogens is 211 g/mol. The van der Waals surface area contributed by atoms with E-state index in [0.29, 0.717) is 5.52 Å². The van der Waals surface area contributed by atoms with E-state index in [1.165, 1.54) is 16.7 Å². The van der Waals surface area contributed by atoms with E-state index in [4.69, 9.17) is 0 Å². The highest BCUT2D eigenvalue weighted by molar-refractivity contribution is 5.77. The quantitative estimate of drug-likeness (QED) is 0.784. The first-order valence-corrected chi connectivity index (χ1v) is 5.11. The van der Waals surface area contributed by atoms with Crippen LogP contribution in [-0.2, 0) is 0 Å². The zero-order chi connectivity index (χ0) is 11.3. The highest BCUT2D eigenvalue weighted by atomic mass is 19.1. The third-order valence-electron chi connectivity index (χ3n) is 2.80. The molecule has 1 heterocycles. The maximum Gasteiger partial charge on any atom is 0.329 e. The minimum atomic E-state index is -0.473. The lowest BCUT2D eigenvalue weighted by Crippen LogP contribution is -2.34. The van der Waals surface area contributed by atoms with Gasteiger partial charge in [0.05, 0.1) is 10.9 Å². The highest BCUT2D eigenvalue weighted by Crippen LogP contribution is 2.32. The smallest absolute Gasteiger partial charge is 0.307 e. The van der Waals surface area contributed by atoms with E-state index in [0.717, 1.165) is 18.9 Å². The number of nitrogens with zero attached hydrogens (tertiary/aromatic N) is 1. The Balaban J connectivity index is 2.45. The van der Waals surface area contributed by atoms with Gasteiger partial charge >= 0.3 is 5.69 Å². The number of halogens is 1. The van der Waals surface area contributed by atoms with Gasteiger partial charge < -0.3 is 4.98 Å². The Morgan fingerprint density at radius 2 is 2.06 bits per heavy atom. The summed E-state index contributed by atoms with van der Waals surface area (Å²) in [5, 5.41) is 0.228. The molecule has 0 unspecified atom stereocenters. The molecule has 82 valence electrons. The molecule has 3 rings (SSSR count). The monoisotopic (exact) mass is 220 g/mol. The van der Waals surface area contributed by atoms with Gasteiger partial charge in [-0.05, 0) is 31.0 Å². The molecule has 0 amide bonds. The molecule has 0 atom stereocenters. The lowest BCUT2D eigenvalue weighted by Gasteiger charge is -2.04. The number of hydrogen-bond acceptors (Lipinski definition) is 2. The van der Waals surface area contributed by atoms with E-state index in [1.807, 2.05) is 0 Å². The Kier molecular flexibility index (Phi) is 1.77. The van der Waals surface area contributed by atoms with E-state index in [-0.39, 0.29) is 11.4 Å². The zero-order valence-corrected chi connectivity index (χ0v) is 8.37. The summed E-state index contributed by atoms with van der Waals surface area (Å²) in [6, 6.07) is 3.78. The zero-order valence-electron chi connectivity index (χ0n) is 8.37. The van der Waals surface area contributed by atoms with Crippen molar-refractivity contribution in [3.8, 4) is 0 Å². The molecular formula is C11H9FN2O2. The molecule has 0 aliphatic heterocycles. The van der Waals surface area contributed by atoms with Gasteiger partial charge in [0.1, 0.15) is 5.82 Å². The molecule has 5 heteroatoms. The van der Waals surface area contributed by atoms with E-state index >= 15 is 0 Å². The van der Waals surface area contributed by atoms with Crippen LogP contribution < -0.4 is 11.2 Å². The first-order chi connectivity index (χ1) is 7.66. The van der Waals surface area contributed by atoms with Gasteiger partial charge in [0, 0.05) is 6.04 Å². The second-order valence-electron chi connectivity index (χ2n) is 4.03. The van der Waals surface area contributed by atoms with Gasteiger partial charge in [-0.3, -0.25) is 9.36 Å². The van der Waals surface area contributed by atoms with Crippen molar-refractivity contribution < 1.29 is 4.39 Å². The van der Waals surface area contributed by atoms with Gasteiger partial charge in [-0.25, -0.2) is 9.18 Å². The summed E-state index contributed by atoms with van der Waals surface area (Å²) in [7, 11) is 0. The van der Waals surface area contributed by atoms with Crippen LogP contribution in [0, 0.1) is 5.82 Å². The standard InChI is InChI=1S/C11H9FN2O2/c12-6-1-4-9-8(5-6)10(15)14(7-2-3-7)11(16)13-9/h1,4-5,7H,2-3H2,(H,13,16). The fraction of sp³-hybridized carbons (Fsp3) is 0.273. The largest absolute Gasteiger partial charge is 0.329 e. The first-order valence-electron chi connectivity index (χ1n) is 5.11. The maximum absolute atomic E-state index is 13.0. The van der Waals surface area contributed by atoms with Crippen LogP contribution in [0.3, 0.4) is 0 Å². The summed E-state index contributed by atoms with van der Waals surface area (Å²) >= 11 is 0. The Labute approximate surface area is 89.3 Å². The highest BCUT2D eigenvalue weighted by Gasteiger charge is 2.27. The molecule has 1 aromatic carbocycles. The summed E-state index contributed by atoms with van der Waals surface area (Å²) in [6.45, 7) is 0. The van der Waals surface area contributed by atoms with Crippen molar-refractivity contribution in [3.63, 3.8) is 0 Å². The summed E-state index contributed by atoms with van der Waals surface area (Å²) in [5.74, 6) is -0.473. The van der Waals surface area contributed by atoms with Crippen LogP contribution in [0.5, 0.6) is 0 Å². The number of aromatic amines is 1. The summed E-state index contributed by atoms with van der Waals surface area (Å²) < 4.78 is 14.2. The predicted molar refractivity (Wildman–Crippen MR) is 57.1 cm³/mol. The molecule has 0 bridgehead atoms. The normalized spacial score (nSPS) is 15.6. The summed E-state index contributed by atoms with van der Waals surface area (Å²) in [4.78, 5) is 26.2. The van der Waals surface area contributed by atoms with Gasteiger partial charge in [-0.1, -0.05) is 0 Å². The number of fused-ring (bicyclic) bond motifs is 1. The van der Waals surface area contributed by atoms with Crippen molar-refractivity contribution in [3.05, 3.63) is 44.9 Å². The second-order valence-corrected chi connectivity index (χ2v) is 4.03. The summed E-state index contributed by atoms with van der Waals surface area (Å²) in [5.41, 5.74) is -0.430. The van der Waals surface area contributed by atoms with Crippen molar-refractivity contribution in [2.45, 2.75) is 18.9 Å². The molecule has 0 spiro atoms. The molecule has 16 heavy (non-hydrogen) atoms. The first kappa shape index (κ1) is 9.33. The van der Waals surface area contributed by atoms with Crippen molar-refractivity contribution in [1.82, 2.24) is 9.55 Å². The van der Waals surface area contributed by atoms with Gasteiger partial charge in [-0.15, -0.1) is 0 Å². The predicted octanol–water partition coefficient (Wildman–Crippen LogP) is 1.16. The fourth-order valence-corrected chi connectivity index (χ4v) is 1.86. The van der Waals surface area contributed by atoms with Crippen LogP contribution in [0.1, 0.15) is 18.9 Å². The molecule has 1 saturated carbocycles. The van der Waals surface area contributed by atoms with Crippen molar-refractivity contribution >= 4 is 10.9 Å². The van der Waals surface area contributed by atoms with Crippen molar-refractivity contribution in [2.24, 2.45) is 0 Å². The average molecular weight is 220 g/mol. The number of H-pyrrole nitrogens is 1. The Morgan fingerprint density at radius 3 is 2.75 bits per heavy atom. The lowest BCUT2D eigenvalue weighted by atomic mass is 10.2. The lowest BCUT2D eigenvalue weighted by molar-refractivity contribution is 0.627. The summed E-state index contributed by atoms with van der Waals surface area (Å²) in [6.07, 6.45) is 1.67. The van der Waals surface area contributed by atoms with E-state index < -0.39 is 17.1 Å². The van der Waals surface area contributed by atoms with Crippen LogP contribution >= 0.6 is 0 Å². The SMILES string of the molecule is O=c1[nH]c2ccc(F)cc2c(=O)n1C1CC1. The van der Waals surface area contributed by atoms with Crippen molar-refractivity contribution in [1.29, 1.82) is 0 Å². The van der Waals surface area contributed by atoms with E-state index in [9.17, 15) is 14.0 Å². The van der Waals surface area contributed by atoms with Crippen molar-refractivity contribution in [2.75, 3.05) is 0 Å². The molecule has 0 radical (unpaired) electrons. The second kappa shape index (κ2) is 3.04. The third-order valence-corrected chi connectivity index (χ3v) is 2.80. The third kappa shape index (κ3) is 1.28. The molecule has 1 fully saturated rings. The van der Waals surface area contributed by atoms with Gasteiger partial charge in [-0.2, -0.15) is 0 Å². The van der Waals surface area contributed by atoms with Crippen LogP contribution in [0.25, 0.3) is 10.9 Å². The molecule has 1 aromatic heterocycles. The molecule has 1 aliphatic rings. The molecule has 4 nitrogen and oxygen atoms in total. The average Bonchev–Trinajstić information content (AvgIpc) is 3.04. The maximum atomic E-state index is 13.0. The molecule has 1 N–H and O–H groups in total. The van der Waals surface area contributed by atoms with Crippen LogP contribution in [0.4, 0.5) is 4.39 Å². The van der Waals surface area contributed by atoms with Crippen LogP contribution in [-0.4, -0.2) is 9.55 Å². The number of benzene rings is 1. The van der Waals surface area contributed by atoms with Crippen LogP contribution in [0.15, 0.2) is 27.8 Å². The Hall–Kier alpha value is -1.91. The van der Waals surface area contributed by atoms with Gasteiger partial charge in [0.2, 0.25) is 0 Å². The van der Waals surface area contributed by atoms with E-state index in [2.05, 4.69) is 4.98 Å². The van der Waals surface area contributed by atoms with E-state index in [1.54, 1.807) is 0 Å². The number of hydrogen-bond donors (Lipinski definition) is 1. The van der Waals surface area contributed by atoms with Gasteiger partial charge in [0.25, 0.3) is 5.56 Å². The number of nitrogens with one attached hydrogen (secondary N) is 1. The minimum absolute atomic E-state index is 0.0103. The number of aromatic nitrogens is 2. The number of rotatable bonds is 1.